The Hall–Kier alpha value is 0.120. The van der Waals surface area contributed by atoms with Crippen LogP contribution in [0.5, 0.6) is 0 Å². The Balaban J connectivity index is 1.88. The summed E-state index contributed by atoms with van der Waals surface area (Å²) < 4.78 is 28.5. The van der Waals surface area contributed by atoms with Gasteiger partial charge in [-0.3, -0.25) is 0 Å². The third-order valence-corrected chi connectivity index (χ3v) is 6.79. The van der Waals surface area contributed by atoms with E-state index in [-0.39, 0.29) is 0 Å². The largest absolute Gasteiger partial charge is 0.301 e. The molecule has 0 saturated carbocycles. The normalized spacial score (nSPS) is 25.1. The number of piperidine rings is 1. The maximum Gasteiger partial charge on any atom is 0.282 e. The first-order valence-electron chi connectivity index (χ1n) is 7.61. The fraction of sp³-hybridized carbons (Fsp3) is 1.00. The molecule has 0 radical (unpaired) electrons. The molecule has 2 aliphatic rings. The zero-order chi connectivity index (χ0) is 14.6. The third-order valence-electron chi connectivity index (χ3n) is 4.32. The molecular weight excluding hydrogens is 298 g/mol. The molecule has 0 aromatic rings. The average molecular weight is 324 g/mol. The van der Waals surface area contributed by atoms with Gasteiger partial charge in [-0.2, -0.15) is 17.0 Å². The van der Waals surface area contributed by atoms with E-state index in [9.17, 15) is 8.42 Å². The molecule has 0 amide bonds. The highest BCUT2D eigenvalue weighted by Gasteiger charge is 2.34. The molecule has 2 aliphatic heterocycles. The molecule has 2 heterocycles. The molecule has 7 heteroatoms. The van der Waals surface area contributed by atoms with Crippen molar-refractivity contribution in [2.45, 2.75) is 26.2 Å². The molecule has 0 aromatic carbocycles. The molecule has 2 saturated heterocycles. The van der Waals surface area contributed by atoms with Gasteiger partial charge in [-0.05, 0) is 31.7 Å². The van der Waals surface area contributed by atoms with Crippen molar-refractivity contribution in [3.63, 3.8) is 0 Å². The minimum absolute atomic E-state index is 0.476. The van der Waals surface area contributed by atoms with Crippen LogP contribution in [0.3, 0.4) is 0 Å². The summed E-state index contributed by atoms with van der Waals surface area (Å²) in [6, 6.07) is 0. The van der Waals surface area contributed by atoms with Gasteiger partial charge in [0.1, 0.15) is 0 Å². The van der Waals surface area contributed by atoms with E-state index < -0.39 is 10.2 Å². The second-order valence-corrected chi connectivity index (χ2v) is 7.98. The van der Waals surface area contributed by atoms with Crippen molar-refractivity contribution < 1.29 is 8.42 Å². The number of hydrogen-bond donors (Lipinski definition) is 0. The van der Waals surface area contributed by atoms with Crippen LogP contribution in [0.4, 0.5) is 0 Å². The lowest BCUT2D eigenvalue weighted by atomic mass is 10.0. The minimum atomic E-state index is -3.26. The lowest BCUT2D eigenvalue weighted by molar-refractivity contribution is 0.176. The van der Waals surface area contributed by atoms with Gasteiger partial charge in [0.2, 0.25) is 0 Å². The van der Waals surface area contributed by atoms with Gasteiger partial charge >= 0.3 is 0 Å². The summed E-state index contributed by atoms with van der Waals surface area (Å²) in [5.41, 5.74) is 0. The summed E-state index contributed by atoms with van der Waals surface area (Å²) in [4.78, 5) is 2.34. The van der Waals surface area contributed by atoms with Crippen molar-refractivity contribution in [2.75, 3.05) is 51.7 Å². The predicted molar refractivity (Wildman–Crippen MR) is 82.2 cm³/mol. The fourth-order valence-corrected chi connectivity index (χ4v) is 4.89. The van der Waals surface area contributed by atoms with E-state index in [4.69, 9.17) is 11.6 Å². The molecule has 0 N–H and O–H groups in total. The second kappa shape index (κ2) is 7.40. The van der Waals surface area contributed by atoms with E-state index in [1.807, 2.05) is 0 Å². The SMILES string of the molecule is CCCN1CCN(S(=O)(=O)N2CCC(CCl)CC2)CC1. The first kappa shape index (κ1) is 16.5. The van der Waals surface area contributed by atoms with Crippen LogP contribution in [0.2, 0.25) is 0 Å². The van der Waals surface area contributed by atoms with E-state index in [0.717, 1.165) is 38.9 Å². The summed E-state index contributed by atoms with van der Waals surface area (Å²) in [5.74, 6) is 1.12. The third kappa shape index (κ3) is 3.85. The van der Waals surface area contributed by atoms with Crippen LogP contribution in [0.1, 0.15) is 26.2 Å². The van der Waals surface area contributed by atoms with Crippen LogP contribution in [0.25, 0.3) is 0 Å². The molecule has 2 rings (SSSR count). The standard InChI is InChI=1S/C13H26ClN3O2S/c1-2-5-15-8-10-17(11-9-15)20(18,19)16-6-3-13(12-14)4-7-16/h13H,2-12H2,1H3. The van der Waals surface area contributed by atoms with E-state index in [1.54, 1.807) is 8.61 Å². The zero-order valence-corrected chi connectivity index (χ0v) is 13.9. The van der Waals surface area contributed by atoms with Crippen molar-refractivity contribution in [1.29, 1.82) is 0 Å². The Morgan fingerprint density at radius 3 is 2.05 bits per heavy atom. The topological polar surface area (TPSA) is 43.9 Å². The molecule has 0 spiro atoms. The molecule has 20 heavy (non-hydrogen) atoms. The van der Waals surface area contributed by atoms with Crippen molar-refractivity contribution in [1.82, 2.24) is 13.5 Å². The first-order valence-corrected chi connectivity index (χ1v) is 9.54. The Labute approximate surface area is 128 Å². The maximum absolute atomic E-state index is 12.6. The molecular formula is C13H26ClN3O2S. The highest BCUT2D eigenvalue weighted by molar-refractivity contribution is 7.86. The Morgan fingerprint density at radius 1 is 1.00 bits per heavy atom. The van der Waals surface area contributed by atoms with Gasteiger partial charge in [-0.1, -0.05) is 6.92 Å². The van der Waals surface area contributed by atoms with Gasteiger partial charge in [0.25, 0.3) is 10.2 Å². The van der Waals surface area contributed by atoms with Gasteiger partial charge < -0.3 is 4.90 Å². The van der Waals surface area contributed by atoms with Gasteiger partial charge in [-0.25, -0.2) is 0 Å². The number of alkyl halides is 1. The zero-order valence-electron chi connectivity index (χ0n) is 12.3. The maximum atomic E-state index is 12.6. The number of halogens is 1. The van der Waals surface area contributed by atoms with E-state index in [2.05, 4.69) is 11.8 Å². The first-order chi connectivity index (χ1) is 9.57. The van der Waals surface area contributed by atoms with Crippen molar-refractivity contribution in [3.8, 4) is 0 Å². The molecule has 0 unspecified atom stereocenters. The summed E-state index contributed by atoms with van der Waals surface area (Å²) in [6.07, 6.45) is 2.90. The van der Waals surface area contributed by atoms with Crippen LogP contribution >= 0.6 is 11.6 Å². The molecule has 118 valence electrons. The smallest absolute Gasteiger partial charge is 0.282 e. The van der Waals surface area contributed by atoms with E-state index in [0.29, 0.717) is 38.0 Å². The monoisotopic (exact) mass is 323 g/mol. The van der Waals surface area contributed by atoms with E-state index in [1.165, 1.54) is 0 Å². The number of piperazine rings is 1. The lowest BCUT2D eigenvalue weighted by Gasteiger charge is -2.38. The predicted octanol–water partition coefficient (Wildman–Crippen LogP) is 1.21. The molecule has 0 bridgehead atoms. The van der Waals surface area contributed by atoms with Gasteiger partial charge in [0, 0.05) is 45.1 Å². The summed E-state index contributed by atoms with van der Waals surface area (Å²) in [7, 11) is -3.26. The number of hydrogen-bond acceptors (Lipinski definition) is 3. The lowest BCUT2D eigenvalue weighted by Crippen LogP contribution is -2.54. The van der Waals surface area contributed by atoms with Gasteiger partial charge in [-0.15, -0.1) is 11.6 Å². The number of rotatable bonds is 5. The Morgan fingerprint density at radius 2 is 1.55 bits per heavy atom. The van der Waals surface area contributed by atoms with Gasteiger partial charge in [0.05, 0.1) is 0 Å². The molecule has 0 aromatic heterocycles. The van der Waals surface area contributed by atoms with Crippen LogP contribution in [0.15, 0.2) is 0 Å². The fourth-order valence-electron chi connectivity index (χ4n) is 2.96. The second-order valence-electron chi connectivity index (χ2n) is 5.75. The van der Waals surface area contributed by atoms with Crippen LogP contribution in [-0.4, -0.2) is 73.6 Å². The van der Waals surface area contributed by atoms with Crippen LogP contribution < -0.4 is 0 Å². The highest BCUT2D eigenvalue weighted by Crippen LogP contribution is 2.22. The summed E-state index contributed by atoms with van der Waals surface area (Å²) >= 11 is 5.85. The van der Waals surface area contributed by atoms with Crippen LogP contribution in [-0.2, 0) is 10.2 Å². The molecule has 0 aliphatic carbocycles. The minimum Gasteiger partial charge on any atom is -0.301 e. The molecule has 2 fully saturated rings. The number of nitrogens with zero attached hydrogens (tertiary/aromatic N) is 3. The van der Waals surface area contributed by atoms with Crippen molar-refractivity contribution in [3.05, 3.63) is 0 Å². The summed E-state index contributed by atoms with van der Waals surface area (Å²) in [6.45, 7) is 7.41. The van der Waals surface area contributed by atoms with E-state index >= 15 is 0 Å². The summed E-state index contributed by atoms with van der Waals surface area (Å²) in [5, 5.41) is 0. The Bertz CT molecular complexity index is 388. The van der Waals surface area contributed by atoms with Gasteiger partial charge in [0.15, 0.2) is 0 Å². The van der Waals surface area contributed by atoms with Crippen LogP contribution in [0, 0.1) is 5.92 Å². The molecule has 0 atom stereocenters. The molecule has 5 nitrogen and oxygen atoms in total. The van der Waals surface area contributed by atoms with Crippen molar-refractivity contribution >= 4 is 21.8 Å². The highest BCUT2D eigenvalue weighted by atomic mass is 35.5. The quantitative estimate of drug-likeness (QED) is 0.714. The Kier molecular flexibility index (Phi) is 6.10. The average Bonchev–Trinajstić information content (AvgIpc) is 2.48. The van der Waals surface area contributed by atoms with Crippen molar-refractivity contribution in [2.24, 2.45) is 5.92 Å².